The van der Waals surface area contributed by atoms with Gasteiger partial charge in [0.1, 0.15) is 0 Å². The average Bonchev–Trinajstić information content (AvgIpc) is 2.34. The van der Waals surface area contributed by atoms with Crippen molar-refractivity contribution in [3.05, 3.63) is 12.3 Å². The lowest BCUT2D eigenvalue weighted by atomic mass is 10.2. The second kappa shape index (κ2) is 7.87. The Hall–Kier alpha value is -1.36. The van der Waals surface area contributed by atoms with Gasteiger partial charge in [0.2, 0.25) is 11.8 Å². The molecular formula is C13H24N4O. The lowest BCUT2D eigenvalue weighted by molar-refractivity contribution is 0.305. The Balaban J connectivity index is 2.45. The zero-order valence-corrected chi connectivity index (χ0v) is 11.8. The van der Waals surface area contributed by atoms with Crippen LogP contribution in [0.3, 0.4) is 0 Å². The summed E-state index contributed by atoms with van der Waals surface area (Å²) in [5.41, 5.74) is 0. The Kier molecular flexibility index (Phi) is 6.43. The van der Waals surface area contributed by atoms with E-state index in [4.69, 9.17) is 4.74 Å². The van der Waals surface area contributed by atoms with Gasteiger partial charge in [0.15, 0.2) is 0 Å². The molecule has 102 valence electrons. The van der Waals surface area contributed by atoms with Crippen LogP contribution in [0.15, 0.2) is 12.3 Å². The van der Waals surface area contributed by atoms with E-state index in [0.29, 0.717) is 24.5 Å². The Bertz CT molecular complexity index is 344. The van der Waals surface area contributed by atoms with Crippen molar-refractivity contribution in [2.24, 2.45) is 0 Å². The maximum atomic E-state index is 5.48. The molecule has 18 heavy (non-hydrogen) atoms. The third-order valence-corrected chi connectivity index (χ3v) is 2.47. The van der Waals surface area contributed by atoms with Crippen molar-refractivity contribution in [3.63, 3.8) is 0 Å². The first-order valence-electron chi connectivity index (χ1n) is 6.49. The molecule has 0 fully saturated rings. The fraction of sp³-hybridized carbons (Fsp3) is 0.692. The molecule has 0 aliphatic carbocycles. The Morgan fingerprint density at radius 1 is 1.44 bits per heavy atom. The minimum absolute atomic E-state index is 0.342. The van der Waals surface area contributed by atoms with Gasteiger partial charge >= 0.3 is 0 Å². The van der Waals surface area contributed by atoms with E-state index in [-0.39, 0.29) is 0 Å². The summed E-state index contributed by atoms with van der Waals surface area (Å²) in [6, 6.07) is 2.12. The van der Waals surface area contributed by atoms with Crippen molar-refractivity contribution in [2.75, 3.05) is 32.6 Å². The fourth-order valence-electron chi connectivity index (χ4n) is 1.44. The zero-order chi connectivity index (χ0) is 13.4. The normalized spacial score (nSPS) is 12.5. The van der Waals surface area contributed by atoms with Crippen molar-refractivity contribution in [3.8, 4) is 5.88 Å². The second-order valence-corrected chi connectivity index (χ2v) is 4.70. The van der Waals surface area contributed by atoms with Crippen LogP contribution in [0.5, 0.6) is 5.88 Å². The van der Waals surface area contributed by atoms with Crippen LogP contribution < -0.4 is 10.1 Å². The summed E-state index contributed by atoms with van der Waals surface area (Å²) in [4.78, 5) is 10.7. The molecular weight excluding hydrogens is 228 g/mol. The average molecular weight is 252 g/mol. The quantitative estimate of drug-likeness (QED) is 0.767. The number of ether oxygens (including phenoxy) is 1. The third-order valence-electron chi connectivity index (χ3n) is 2.47. The van der Waals surface area contributed by atoms with E-state index in [1.54, 1.807) is 12.3 Å². The van der Waals surface area contributed by atoms with Crippen LogP contribution in [0.25, 0.3) is 0 Å². The van der Waals surface area contributed by atoms with Crippen LogP contribution in [0.4, 0.5) is 5.95 Å². The summed E-state index contributed by atoms with van der Waals surface area (Å²) in [6.07, 6.45) is 3.75. The van der Waals surface area contributed by atoms with E-state index >= 15 is 0 Å². The molecule has 0 amide bonds. The summed E-state index contributed by atoms with van der Waals surface area (Å²) in [7, 11) is 4.14. The van der Waals surface area contributed by atoms with Crippen LogP contribution in [0.2, 0.25) is 0 Å². The molecule has 0 saturated carbocycles. The number of hydrogen-bond donors (Lipinski definition) is 1. The van der Waals surface area contributed by atoms with Gasteiger partial charge in [0.25, 0.3) is 0 Å². The Morgan fingerprint density at radius 3 is 2.89 bits per heavy atom. The molecule has 0 saturated heterocycles. The summed E-state index contributed by atoms with van der Waals surface area (Å²) in [5, 5.41) is 3.29. The van der Waals surface area contributed by atoms with Crippen LogP contribution in [-0.4, -0.2) is 48.2 Å². The van der Waals surface area contributed by atoms with Crippen LogP contribution in [-0.2, 0) is 0 Å². The molecule has 0 aromatic carbocycles. The molecule has 0 spiro atoms. The molecule has 1 heterocycles. The van der Waals surface area contributed by atoms with Crippen molar-refractivity contribution < 1.29 is 4.74 Å². The van der Waals surface area contributed by atoms with E-state index in [0.717, 1.165) is 19.4 Å². The first-order chi connectivity index (χ1) is 8.61. The number of anilines is 1. The van der Waals surface area contributed by atoms with Gasteiger partial charge in [-0.3, -0.25) is 0 Å². The largest absolute Gasteiger partial charge is 0.478 e. The highest BCUT2D eigenvalue weighted by molar-refractivity contribution is 5.28. The van der Waals surface area contributed by atoms with Gasteiger partial charge in [-0.05, 0) is 40.4 Å². The zero-order valence-electron chi connectivity index (χ0n) is 11.8. The molecule has 5 heteroatoms. The molecule has 0 aliphatic heterocycles. The van der Waals surface area contributed by atoms with Gasteiger partial charge in [0, 0.05) is 18.3 Å². The highest BCUT2D eigenvalue weighted by atomic mass is 16.5. The lowest BCUT2D eigenvalue weighted by Crippen LogP contribution is -2.23. The van der Waals surface area contributed by atoms with Crippen molar-refractivity contribution >= 4 is 5.95 Å². The van der Waals surface area contributed by atoms with Gasteiger partial charge in [-0.2, -0.15) is 4.98 Å². The maximum Gasteiger partial charge on any atom is 0.226 e. The predicted molar refractivity (Wildman–Crippen MR) is 74.1 cm³/mol. The maximum absolute atomic E-state index is 5.48. The molecule has 1 aromatic heterocycles. The van der Waals surface area contributed by atoms with Crippen molar-refractivity contribution in [1.82, 2.24) is 14.9 Å². The summed E-state index contributed by atoms with van der Waals surface area (Å²) in [5.74, 6) is 1.27. The Labute approximate surface area is 110 Å². The molecule has 1 N–H and O–H groups in total. The van der Waals surface area contributed by atoms with E-state index in [1.165, 1.54) is 0 Å². The van der Waals surface area contributed by atoms with Crippen LogP contribution in [0.1, 0.15) is 26.7 Å². The minimum atomic E-state index is 0.342. The van der Waals surface area contributed by atoms with E-state index < -0.39 is 0 Å². The smallest absolute Gasteiger partial charge is 0.226 e. The topological polar surface area (TPSA) is 50.3 Å². The van der Waals surface area contributed by atoms with E-state index in [2.05, 4.69) is 48.1 Å². The number of nitrogens with zero attached hydrogens (tertiary/aromatic N) is 3. The molecule has 1 atom stereocenters. The number of hydrogen-bond acceptors (Lipinski definition) is 5. The number of nitrogens with one attached hydrogen (secondary N) is 1. The lowest BCUT2D eigenvalue weighted by Gasteiger charge is -2.16. The van der Waals surface area contributed by atoms with Gasteiger partial charge in [0.05, 0.1) is 6.61 Å². The SMILES string of the molecule is CCCOc1ccnc(NC(C)CCN(C)C)n1. The minimum Gasteiger partial charge on any atom is -0.478 e. The van der Waals surface area contributed by atoms with Crippen molar-refractivity contribution in [2.45, 2.75) is 32.7 Å². The van der Waals surface area contributed by atoms with Gasteiger partial charge in [-0.25, -0.2) is 4.98 Å². The van der Waals surface area contributed by atoms with Gasteiger partial charge < -0.3 is 15.0 Å². The third kappa shape index (κ3) is 5.82. The highest BCUT2D eigenvalue weighted by Crippen LogP contribution is 2.10. The second-order valence-electron chi connectivity index (χ2n) is 4.70. The van der Waals surface area contributed by atoms with Gasteiger partial charge in [-0.1, -0.05) is 6.92 Å². The molecule has 1 aromatic rings. The van der Waals surface area contributed by atoms with Crippen LogP contribution in [0, 0.1) is 0 Å². The van der Waals surface area contributed by atoms with Crippen LogP contribution >= 0.6 is 0 Å². The number of rotatable bonds is 8. The van der Waals surface area contributed by atoms with Gasteiger partial charge in [-0.15, -0.1) is 0 Å². The highest BCUT2D eigenvalue weighted by Gasteiger charge is 2.05. The summed E-state index contributed by atoms with van der Waals surface area (Å²) in [6.45, 7) is 5.93. The summed E-state index contributed by atoms with van der Waals surface area (Å²) < 4.78 is 5.48. The van der Waals surface area contributed by atoms with E-state index in [9.17, 15) is 0 Å². The predicted octanol–water partition coefficient (Wildman–Crippen LogP) is 2.02. The van der Waals surface area contributed by atoms with Crippen molar-refractivity contribution in [1.29, 1.82) is 0 Å². The molecule has 5 nitrogen and oxygen atoms in total. The first kappa shape index (κ1) is 14.7. The molecule has 0 bridgehead atoms. The molecule has 0 radical (unpaired) electrons. The Morgan fingerprint density at radius 2 is 2.22 bits per heavy atom. The first-order valence-corrected chi connectivity index (χ1v) is 6.49. The standard InChI is InChI=1S/C13H24N4O/c1-5-10-18-12-6-8-14-13(16-12)15-11(2)7-9-17(3)4/h6,8,11H,5,7,9-10H2,1-4H3,(H,14,15,16). The molecule has 1 unspecified atom stereocenters. The molecule has 0 aliphatic rings. The fourth-order valence-corrected chi connectivity index (χ4v) is 1.44. The van der Waals surface area contributed by atoms with E-state index in [1.807, 2.05) is 0 Å². The number of aromatic nitrogens is 2. The molecule has 1 rings (SSSR count). The monoisotopic (exact) mass is 252 g/mol. The summed E-state index contributed by atoms with van der Waals surface area (Å²) >= 11 is 0.